The molecule has 0 radical (unpaired) electrons. The van der Waals surface area contributed by atoms with Crippen LogP contribution in [0.5, 0.6) is 5.75 Å². The molecule has 1 aliphatic carbocycles. The van der Waals surface area contributed by atoms with E-state index in [2.05, 4.69) is 0 Å². The average molecular weight is 338 g/mol. The van der Waals surface area contributed by atoms with Gasteiger partial charge in [-0.05, 0) is 37.5 Å². The maximum atomic E-state index is 12.5. The number of hydrogen-bond acceptors (Lipinski definition) is 3. The van der Waals surface area contributed by atoms with Crippen LogP contribution < -0.4 is 4.74 Å². The minimum atomic E-state index is -0.788. The molecule has 23 heavy (non-hydrogen) atoms. The highest BCUT2D eigenvalue weighted by Crippen LogP contribution is 2.33. The Balaban J connectivity index is 1.53. The molecule has 6 heteroatoms. The van der Waals surface area contributed by atoms with Crippen LogP contribution >= 0.6 is 11.6 Å². The van der Waals surface area contributed by atoms with E-state index in [9.17, 15) is 9.59 Å². The maximum absolute atomic E-state index is 12.5. The lowest BCUT2D eigenvalue weighted by molar-refractivity contribution is -0.141. The first-order valence-corrected chi connectivity index (χ1v) is 8.34. The first-order valence-electron chi connectivity index (χ1n) is 7.96. The number of carbonyl (C=O) groups excluding carboxylic acids is 1. The topological polar surface area (TPSA) is 66.8 Å². The number of likely N-dealkylation sites (tertiary alicyclic amines) is 1. The molecule has 3 atom stereocenters. The van der Waals surface area contributed by atoms with Crippen molar-refractivity contribution in [2.45, 2.75) is 31.8 Å². The van der Waals surface area contributed by atoms with E-state index in [0.717, 1.165) is 6.42 Å². The molecule has 1 aromatic carbocycles. The Kier molecular flexibility index (Phi) is 4.76. The maximum Gasteiger partial charge on any atom is 0.306 e. The number of amides is 1. The SMILES string of the molecule is O=C(O)[C@@H]1CC[C@H](C(=O)N2CCC(Oc3cccc(Cl)c3)C2)C1. The summed E-state index contributed by atoms with van der Waals surface area (Å²) < 4.78 is 5.89. The summed E-state index contributed by atoms with van der Waals surface area (Å²) in [7, 11) is 0. The lowest BCUT2D eigenvalue weighted by Gasteiger charge is -2.21. The van der Waals surface area contributed by atoms with Crippen LogP contribution in [0.1, 0.15) is 25.7 Å². The summed E-state index contributed by atoms with van der Waals surface area (Å²) in [6.45, 7) is 1.22. The van der Waals surface area contributed by atoms with Crippen molar-refractivity contribution in [1.82, 2.24) is 4.90 Å². The Morgan fingerprint density at radius 1 is 1.22 bits per heavy atom. The number of ether oxygens (including phenoxy) is 1. The standard InChI is InChI=1S/C17H20ClNO4/c18-13-2-1-3-14(9-13)23-15-6-7-19(10-15)16(20)11-4-5-12(8-11)17(21)22/h1-3,9,11-12,15H,4-8,10H2,(H,21,22)/t11-,12+,15?/m0/s1. The molecule has 1 aromatic rings. The van der Waals surface area contributed by atoms with Crippen molar-refractivity contribution in [2.75, 3.05) is 13.1 Å². The summed E-state index contributed by atoms with van der Waals surface area (Å²) in [5.74, 6) is -0.524. The zero-order valence-electron chi connectivity index (χ0n) is 12.8. The Morgan fingerprint density at radius 2 is 2.00 bits per heavy atom. The second-order valence-electron chi connectivity index (χ2n) is 6.32. The molecular formula is C17H20ClNO4. The third kappa shape index (κ3) is 3.78. The summed E-state index contributed by atoms with van der Waals surface area (Å²) in [5.41, 5.74) is 0. The van der Waals surface area contributed by atoms with Gasteiger partial charge in [0.1, 0.15) is 11.9 Å². The van der Waals surface area contributed by atoms with Gasteiger partial charge in [-0.2, -0.15) is 0 Å². The lowest BCUT2D eigenvalue weighted by Crippen LogP contribution is -2.35. The quantitative estimate of drug-likeness (QED) is 0.917. The van der Waals surface area contributed by atoms with Crippen molar-refractivity contribution in [1.29, 1.82) is 0 Å². The van der Waals surface area contributed by atoms with Gasteiger partial charge in [-0.3, -0.25) is 9.59 Å². The fraction of sp³-hybridized carbons (Fsp3) is 0.529. The largest absolute Gasteiger partial charge is 0.488 e. The van der Waals surface area contributed by atoms with Gasteiger partial charge >= 0.3 is 5.97 Å². The third-order valence-corrected chi connectivity index (χ3v) is 4.92. The molecule has 124 valence electrons. The molecule has 3 rings (SSSR count). The van der Waals surface area contributed by atoms with Crippen molar-refractivity contribution in [3.63, 3.8) is 0 Å². The Bertz CT molecular complexity index is 606. The number of carboxylic acids is 1. The highest BCUT2D eigenvalue weighted by Gasteiger charge is 2.38. The van der Waals surface area contributed by atoms with Gasteiger partial charge in [0.05, 0.1) is 12.5 Å². The molecular weight excluding hydrogens is 318 g/mol. The van der Waals surface area contributed by atoms with Crippen LogP contribution in [0.25, 0.3) is 0 Å². The Labute approximate surface area is 140 Å². The van der Waals surface area contributed by atoms with Crippen molar-refractivity contribution >= 4 is 23.5 Å². The molecule has 1 aliphatic heterocycles. The van der Waals surface area contributed by atoms with Crippen LogP contribution in [-0.4, -0.2) is 41.1 Å². The first-order chi connectivity index (χ1) is 11.0. The van der Waals surface area contributed by atoms with E-state index in [1.807, 2.05) is 17.0 Å². The van der Waals surface area contributed by atoms with E-state index in [-0.39, 0.29) is 23.8 Å². The molecule has 1 heterocycles. The molecule has 2 fully saturated rings. The predicted molar refractivity (Wildman–Crippen MR) is 85.5 cm³/mol. The lowest BCUT2D eigenvalue weighted by atomic mass is 10.0. The zero-order valence-corrected chi connectivity index (χ0v) is 13.5. The van der Waals surface area contributed by atoms with Gasteiger partial charge in [-0.15, -0.1) is 0 Å². The van der Waals surface area contributed by atoms with Crippen LogP contribution in [0.15, 0.2) is 24.3 Å². The summed E-state index contributed by atoms with van der Waals surface area (Å²) >= 11 is 5.94. The average Bonchev–Trinajstić information content (AvgIpc) is 3.15. The highest BCUT2D eigenvalue weighted by molar-refractivity contribution is 6.30. The van der Waals surface area contributed by atoms with Gasteiger partial charge in [0.15, 0.2) is 0 Å². The number of nitrogens with zero attached hydrogens (tertiary/aromatic N) is 1. The molecule has 1 amide bonds. The molecule has 0 spiro atoms. The smallest absolute Gasteiger partial charge is 0.306 e. The van der Waals surface area contributed by atoms with E-state index >= 15 is 0 Å². The van der Waals surface area contributed by atoms with E-state index in [1.165, 1.54) is 0 Å². The van der Waals surface area contributed by atoms with Crippen LogP contribution in [0.3, 0.4) is 0 Å². The first kappa shape index (κ1) is 16.1. The Hall–Kier alpha value is -1.75. The van der Waals surface area contributed by atoms with Crippen molar-refractivity contribution in [2.24, 2.45) is 11.8 Å². The van der Waals surface area contributed by atoms with E-state index in [4.69, 9.17) is 21.4 Å². The van der Waals surface area contributed by atoms with Crippen molar-refractivity contribution < 1.29 is 19.4 Å². The number of carbonyl (C=O) groups is 2. The fourth-order valence-electron chi connectivity index (χ4n) is 3.45. The van der Waals surface area contributed by atoms with Crippen LogP contribution in [0, 0.1) is 11.8 Å². The van der Waals surface area contributed by atoms with Gasteiger partial charge in [0.2, 0.25) is 5.91 Å². The van der Waals surface area contributed by atoms with Gasteiger partial charge in [-0.1, -0.05) is 17.7 Å². The molecule has 2 aliphatic rings. The van der Waals surface area contributed by atoms with Crippen LogP contribution in [0.2, 0.25) is 5.02 Å². The number of benzene rings is 1. The third-order valence-electron chi connectivity index (χ3n) is 4.69. The van der Waals surface area contributed by atoms with E-state index in [0.29, 0.717) is 43.1 Å². The van der Waals surface area contributed by atoms with E-state index < -0.39 is 5.97 Å². The minimum absolute atomic E-state index is 0.0332. The molecule has 0 aromatic heterocycles. The molecule has 1 saturated carbocycles. The van der Waals surface area contributed by atoms with Gasteiger partial charge in [0, 0.05) is 23.9 Å². The molecule has 1 saturated heterocycles. The second-order valence-corrected chi connectivity index (χ2v) is 6.75. The number of aliphatic carboxylic acids is 1. The summed E-state index contributed by atoms with van der Waals surface area (Å²) in [4.78, 5) is 25.4. The van der Waals surface area contributed by atoms with Crippen LogP contribution in [0.4, 0.5) is 0 Å². The van der Waals surface area contributed by atoms with Crippen molar-refractivity contribution in [3.05, 3.63) is 29.3 Å². The molecule has 5 nitrogen and oxygen atoms in total. The predicted octanol–water partition coefficient (Wildman–Crippen LogP) is 2.82. The normalized spacial score (nSPS) is 27.2. The molecule has 0 bridgehead atoms. The summed E-state index contributed by atoms with van der Waals surface area (Å²) in [6, 6.07) is 7.24. The highest BCUT2D eigenvalue weighted by atomic mass is 35.5. The number of hydrogen-bond donors (Lipinski definition) is 1. The monoisotopic (exact) mass is 337 g/mol. The fourth-order valence-corrected chi connectivity index (χ4v) is 3.63. The van der Waals surface area contributed by atoms with Gasteiger partial charge in [0.25, 0.3) is 0 Å². The number of rotatable bonds is 4. The van der Waals surface area contributed by atoms with Crippen molar-refractivity contribution in [3.8, 4) is 5.75 Å². The minimum Gasteiger partial charge on any atom is -0.488 e. The second kappa shape index (κ2) is 6.79. The summed E-state index contributed by atoms with van der Waals surface area (Å²) in [5, 5.41) is 9.68. The molecule has 1 N–H and O–H groups in total. The summed E-state index contributed by atoms with van der Waals surface area (Å²) in [6.07, 6.45) is 2.49. The van der Waals surface area contributed by atoms with Gasteiger partial charge in [-0.25, -0.2) is 0 Å². The van der Waals surface area contributed by atoms with Gasteiger partial charge < -0.3 is 14.7 Å². The molecule has 1 unspecified atom stereocenters. The number of carboxylic acid groups (broad SMARTS) is 1. The van der Waals surface area contributed by atoms with E-state index in [1.54, 1.807) is 12.1 Å². The zero-order chi connectivity index (χ0) is 16.4. The van der Waals surface area contributed by atoms with Crippen LogP contribution in [-0.2, 0) is 9.59 Å². The number of halogens is 1. The Morgan fingerprint density at radius 3 is 2.70 bits per heavy atom.